The summed E-state index contributed by atoms with van der Waals surface area (Å²) in [5.74, 6) is -0.816. The highest BCUT2D eigenvalue weighted by atomic mass is 16.7. The second-order valence-corrected chi connectivity index (χ2v) is 17.4. The Morgan fingerprint density at radius 3 is 2.28 bits per heavy atom. The van der Waals surface area contributed by atoms with Crippen molar-refractivity contribution in [2.45, 2.75) is 75.9 Å². The lowest BCUT2D eigenvalue weighted by Gasteiger charge is -2.59. The number of carbonyl (C=O) groups is 2. The zero-order chi connectivity index (χ0) is 48.6. The molecule has 368 valence electrons. The van der Waals surface area contributed by atoms with Crippen molar-refractivity contribution in [2.75, 3.05) is 59.6 Å². The fraction of sp³-hybridized carbons (Fsp3) is 0.426. The van der Waals surface area contributed by atoms with Crippen molar-refractivity contribution >= 4 is 23.6 Å². The summed E-state index contributed by atoms with van der Waals surface area (Å²) in [6, 6.07) is 29.0. The number of carbonyl (C=O) groups excluding carboxylic acids is 2. The van der Waals surface area contributed by atoms with Crippen LogP contribution in [0.1, 0.15) is 67.6 Å². The molecule has 2 aliphatic carbocycles. The van der Waals surface area contributed by atoms with Crippen molar-refractivity contribution in [3.63, 3.8) is 0 Å². The fourth-order valence-corrected chi connectivity index (χ4v) is 9.88. The summed E-state index contributed by atoms with van der Waals surface area (Å²) in [6.45, 7) is 4.97. The number of nitrogens with one attached hydrogen (secondary N) is 1. The van der Waals surface area contributed by atoms with E-state index in [4.69, 9.17) is 43.2 Å². The maximum absolute atomic E-state index is 14.3. The molecule has 0 radical (unpaired) electrons. The van der Waals surface area contributed by atoms with E-state index < -0.39 is 29.9 Å². The fourth-order valence-electron chi connectivity index (χ4n) is 9.88. The molecule has 4 aromatic rings. The first-order valence-corrected chi connectivity index (χ1v) is 23.7. The third-order valence-electron chi connectivity index (χ3n) is 13.1. The number of amides is 2. The Balaban J connectivity index is 1.30. The summed E-state index contributed by atoms with van der Waals surface area (Å²) >= 11 is 0. The largest absolute Gasteiger partial charge is 0.497 e. The molecule has 69 heavy (non-hydrogen) atoms. The van der Waals surface area contributed by atoms with Crippen LogP contribution < -0.4 is 24.3 Å². The van der Waals surface area contributed by atoms with E-state index >= 15 is 0 Å². The summed E-state index contributed by atoms with van der Waals surface area (Å²) in [6.07, 6.45) is 6.96. The van der Waals surface area contributed by atoms with Gasteiger partial charge >= 0.3 is 12.2 Å². The number of unbranched alkanes of at least 4 members (excludes halogenated alkanes) is 2. The molecular formula is C54H65N3O12. The number of aliphatic hydroxyl groups excluding tert-OH is 2. The average Bonchev–Trinajstić information content (AvgIpc) is 3.37. The second-order valence-electron chi connectivity index (χ2n) is 17.4. The van der Waals surface area contributed by atoms with Crippen molar-refractivity contribution in [1.82, 2.24) is 4.90 Å². The van der Waals surface area contributed by atoms with Gasteiger partial charge in [0.05, 0.1) is 51.4 Å². The Labute approximate surface area is 404 Å². The summed E-state index contributed by atoms with van der Waals surface area (Å²) in [5, 5.41) is 27.6. The van der Waals surface area contributed by atoms with Crippen molar-refractivity contribution in [1.29, 1.82) is 0 Å². The van der Waals surface area contributed by atoms with Gasteiger partial charge in [0.15, 0.2) is 0 Å². The van der Waals surface area contributed by atoms with Crippen LogP contribution in [0.2, 0.25) is 0 Å². The van der Waals surface area contributed by atoms with Crippen molar-refractivity contribution < 1.29 is 57.8 Å². The number of hydrogen-bond acceptors (Lipinski definition) is 13. The molecular weight excluding hydrogens is 883 g/mol. The van der Waals surface area contributed by atoms with Crippen LogP contribution in [0.25, 0.3) is 0 Å². The van der Waals surface area contributed by atoms with Gasteiger partial charge in [-0.3, -0.25) is 5.32 Å². The Hall–Kier alpha value is -6.39. The molecule has 6 unspecified atom stereocenters. The summed E-state index contributed by atoms with van der Waals surface area (Å²) in [7, 11) is 4.72. The van der Waals surface area contributed by atoms with Crippen molar-refractivity contribution in [2.24, 2.45) is 22.9 Å². The SMILES string of the molecule is C=CCOC12Oc3ccc(OC(=O)Nc4ccc(OC)cc4OC)cc3C3C(CCCCO)C(CCCCO)C=C(C(=NOCc4ccccc4)CC1N(C)C(=O)OCCOCc1ccccc1)C32. The van der Waals surface area contributed by atoms with E-state index in [1.807, 2.05) is 66.7 Å². The highest BCUT2D eigenvalue weighted by Crippen LogP contribution is 2.62. The van der Waals surface area contributed by atoms with Crippen LogP contribution in [0.3, 0.4) is 0 Å². The molecule has 7 rings (SSSR count). The van der Waals surface area contributed by atoms with E-state index in [2.05, 4.69) is 18.0 Å². The van der Waals surface area contributed by atoms with Gasteiger partial charge in [0.1, 0.15) is 42.3 Å². The van der Waals surface area contributed by atoms with E-state index in [1.165, 1.54) is 12.0 Å². The molecule has 1 aliphatic heterocycles. The Morgan fingerprint density at radius 2 is 1.58 bits per heavy atom. The highest BCUT2D eigenvalue weighted by Gasteiger charge is 2.65. The van der Waals surface area contributed by atoms with Gasteiger partial charge in [0, 0.05) is 44.2 Å². The topological polar surface area (TPSA) is 176 Å². The molecule has 1 saturated carbocycles. The highest BCUT2D eigenvalue weighted by molar-refractivity contribution is 6.03. The van der Waals surface area contributed by atoms with Gasteiger partial charge in [-0.1, -0.05) is 90.8 Å². The van der Waals surface area contributed by atoms with Crippen LogP contribution in [0.4, 0.5) is 15.3 Å². The van der Waals surface area contributed by atoms with Gasteiger partial charge in [0.25, 0.3) is 0 Å². The zero-order valence-corrected chi connectivity index (χ0v) is 39.8. The maximum atomic E-state index is 14.3. The van der Waals surface area contributed by atoms with Crippen LogP contribution in [0, 0.1) is 17.8 Å². The number of allylic oxidation sites excluding steroid dienone is 1. The summed E-state index contributed by atoms with van der Waals surface area (Å²) in [4.78, 5) is 35.6. The Bertz CT molecular complexity index is 2380. The molecule has 4 aromatic carbocycles. The predicted octanol–water partition coefficient (Wildman–Crippen LogP) is 9.43. The van der Waals surface area contributed by atoms with Gasteiger partial charge in [-0.05, 0) is 84.6 Å². The number of rotatable bonds is 24. The average molecular weight is 948 g/mol. The van der Waals surface area contributed by atoms with Crippen molar-refractivity contribution in [3.05, 3.63) is 138 Å². The molecule has 0 spiro atoms. The lowest BCUT2D eigenvalue weighted by atomic mass is 9.55. The van der Waals surface area contributed by atoms with Crippen LogP contribution in [0.15, 0.2) is 127 Å². The number of likely N-dealkylation sites (N-methyl/N-ethyl adjacent to an activating group) is 1. The minimum Gasteiger partial charge on any atom is -0.497 e. The number of nitrogens with zero attached hydrogens (tertiary/aromatic N) is 2. The standard InChI is InChI=1S/C54H65N3O12/c1-5-28-66-54-49(57(2)53(61)65-30-29-64-35-37-16-8-6-9-17-37)34-46(56-67-36-38-18-10-7-11-19-38)43-31-39(20-12-14-26-58)42(21-13-15-27-59)50(51(43)54)44-32-41(23-25-47(44)69-54)68-52(60)55-45-24-22-40(62-3)33-48(45)63-4/h5-11,16-19,22-25,31-33,39,42,49-51,58-59H,1,12-15,20-21,26-30,34-36H2,2-4H3,(H,55,60). The number of oxime groups is 1. The molecule has 15 heteroatoms. The number of anilines is 1. The number of methoxy groups -OCH3 is 2. The molecule has 0 bridgehead atoms. The van der Waals surface area contributed by atoms with Gasteiger partial charge in [-0.15, -0.1) is 6.58 Å². The smallest absolute Gasteiger partial charge is 0.417 e. The molecule has 1 fully saturated rings. The van der Waals surface area contributed by atoms with Crippen molar-refractivity contribution in [3.8, 4) is 23.0 Å². The van der Waals surface area contributed by atoms with E-state index in [0.29, 0.717) is 48.1 Å². The first-order valence-electron chi connectivity index (χ1n) is 23.7. The molecule has 6 atom stereocenters. The Morgan fingerprint density at radius 1 is 0.870 bits per heavy atom. The molecule has 0 aromatic heterocycles. The summed E-state index contributed by atoms with van der Waals surface area (Å²) in [5.41, 5.74) is 4.60. The molecule has 0 saturated heterocycles. The van der Waals surface area contributed by atoms with E-state index in [9.17, 15) is 19.8 Å². The predicted molar refractivity (Wildman–Crippen MR) is 261 cm³/mol. The van der Waals surface area contributed by atoms with E-state index in [1.54, 1.807) is 50.6 Å². The van der Waals surface area contributed by atoms with Gasteiger partial charge < -0.3 is 53.1 Å². The summed E-state index contributed by atoms with van der Waals surface area (Å²) < 4.78 is 42.8. The van der Waals surface area contributed by atoms with E-state index in [0.717, 1.165) is 47.9 Å². The minimum atomic E-state index is -1.51. The normalized spacial score (nSPS) is 21.7. The lowest BCUT2D eigenvalue weighted by molar-refractivity contribution is -0.253. The number of hydrogen-bond donors (Lipinski definition) is 3. The monoisotopic (exact) mass is 947 g/mol. The molecule has 2 amide bonds. The van der Waals surface area contributed by atoms with Gasteiger partial charge in [-0.2, -0.15) is 0 Å². The number of benzene rings is 4. The van der Waals surface area contributed by atoms with Crippen LogP contribution in [-0.4, -0.2) is 99.1 Å². The molecule has 3 aliphatic rings. The molecule has 1 heterocycles. The third kappa shape index (κ3) is 12.3. The zero-order valence-electron chi connectivity index (χ0n) is 39.8. The third-order valence-corrected chi connectivity index (χ3v) is 13.1. The second kappa shape index (κ2) is 24.8. The molecule has 15 nitrogen and oxygen atoms in total. The van der Waals surface area contributed by atoms with Crippen LogP contribution >= 0.6 is 0 Å². The number of fused-ring (bicyclic) bond motifs is 2. The van der Waals surface area contributed by atoms with Crippen LogP contribution in [-0.2, 0) is 32.3 Å². The first kappa shape index (κ1) is 50.5. The molecule has 3 N–H and O–H groups in total. The van der Waals surface area contributed by atoms with Crippen LogP contribution in [0.5, 0.6) is 23.0 Å². The van der Waals surface area contributed by atoms with Gasteiger partial charge in [0.2, 0.25) is 5.79 Å². The lowest BCUT2D eigenvalue weighted by Crippen LogP contribution is -2.69. The Kier molecular flexibility index (Phi) is 18.1. The van der Waals surface area contributed by atoms with Gasteiger partial charge in [-0.25, -0.2) is 9.59 Å². The van der Waals surface area contributed by atoms with E-state index in [-0.39, 0.29) is 69.6 Å². The minimum absolute atomic E-state index is 0.00925. The number of aliphatic hydroxyl groups is 2. The first-order chi connectivity index (χ1) is 33.7. The quantitative estimate of drug-likeness (QED) is 0.0345. The maximum Gasteiger partial charge on any atom is 0.417 e. The number of ether oxygens (including phenoxy) is 7.